The zero-order valence-corrected chi connectivity index (χ0v) is 18.2. The third-order valence-electron chi connectivity index (χ3n) is 4.18. The topological polar surface area (TPSA) is 141 Å². The van der Waals surface area contributed by atoms with Crippen molar-refractivity contribution in [3.8, 4) is 0 Å². The van der Waals surface area contributed by atoms with Crippen LogP contribution in [0.2, 0.25) is 0 Å². The molecule has 1 aromatic heterocycles. The molecule has 2 heterocycles. The number of nitrogens with zero attached hydrogens (tertiary/aromatic N) is 3. The summed E-state index contributed by atoms with van der Waals surface area (Å²) in [5.41, 5.74) is 4.81. The molecule has 4 amide bonds. The first kappa shape index (κ1) is 23.1. The van der Waals surface area contributed by atoms with E-state index >= 15 is 0 Å². The van der Waals surface area contributed by atoms with Gasteiger partial charge in [-0.05, 0) is 40.5 Å². The number of amides is 4. The van der Waals surface area contributed by atoms with Gasteiger partial charge >= 0.3 is 6.03 Å². The quantitative estimate of drug-likeness (QED) is 0.526. The fourth-order valence-corrected chi connectivity index (χ4v) is 3.68. The number of thioether (sulfide) groups is 1. The number of nitrogens with two attached hydrogens (primary N) is 1. The average molecular weight is 427 g/mol. The minimum atomic E-state index is -0.572. The lowest BCUT2D eigenvalue weighted by atomic mass is 10.1. The fourth-order valence-electron chi connectivity index (χ4n) is 2.80. The smallest absolute Gasteiger partial charge is 0.321 e. The van der Waals surface area contributed by atoms with Gasteiger partial charge in [0.05, 0.1) is 17.9 Å². The maximum atomic E-state index is 12.4. The number of hydrogen-bond acceptors (Lipinski definition) is 7. The molecule has 2 atom stereocenters. The molecular formula is C18H30N6O4S. The number of primary amides is 1. The van der Waals surface area contributed by atoms with E-state index < -0.39 is 28.6 Å². The Kier molecular flexibility index (Phi) is 8.03. The van der Waals surface area contributed by atoms with Gasteiger partial charge < -0.3 is 20.4 Å². The third-order valence-corrected chi connectivity index (χ3v) is 5.26. The Hall–Kier alpha value is -2.14. The minimum absolute atomic E-state index is 0.0411. The lowest BCUT2D eigenvalue weighted by Crippen LogP contribution is -2.49. The Morgan fingerprint density at radius 2 is 2.07 bits per heavy atom. The van der Waals surface area contributed by atoms with Crippen molar-refractivity contribution in [1.29, 1.82) is 0 Å². The van der Waals surface area contributed by atoms with Gasteiger partial charge in [0.25, 0.3) is 0 Å². The molecule has 4 N–H and O–H groups in total. The maximum absolute atomic E-state index is 12.4. The van der Waals surface area contributed by atoms with Gasteiger partial charge in [0, 0.05) is 25.0 Å². The standard InChI is InChI=1S/C18H30N6O4S/c1-11(15(26)20-16(27)21-18(2,3)4)29-17-23-22-14(8-7-13(19)25)24(17)10-12-6-5-9-28-12/h11-12H,5-10H2,1-4H3,(H2,19,25)(H2,20,21,26,27). The highest BCUT2D eigenvalue weighted by molar-refractivity contribution is 8.00. The van der Waals surface area contributed by atoms with Crippen molar-refractivity contribution in [2.45, 2.75) is 82.0 Å². The first-order valence-corrected chi connectivity index (χ1v) is 10.5. The van der Waals surface area contributed by atoms with Crippen LogP contribution < -0.4 is 16.4 Å². The van der Waals surface area contributed by atoms with E-state index in [-0.39, 0.29) is 12.5 Å². The van der Waals surface area contributed by atoms with Gasteiger partial charge in [-0.1, -0.05) is 11.8 Å². The Balaban J connectivity index is 2.06. The molecule has 0 spiro atoms. The van der Waals surface area contributed by atoms with Crippen molar-refractivity contribution >= 4 is 29.6 Å². The Bertz CT molecular complexity index is 739. The number of rotatable bonds is 8. The molecule has 1 aliphatic heterocycles. The highest BCUT2D eigenvalue weighted by Gasteiger charge is 2.25. The number of hydrogen-bond donors (Lipinski definition) is 3. The second-order valence-corrected chi connectivity index (χ2v) is 9.37. The number of aryl methyl sites for hydroxylation is 1. The van der Waals surface area contributed by atoms with E-state index in [1.807, 2.05) is 25.3 Å². The molecule has 2 rings (SSSR count). The zero-order valence-electron chi connectivity index (χ0n) is 17.4. The van der Waals surface area contributed by atoms with Crippen LogP contribution >= 0.6 is 11.8 Å². The van der Waals surface area contributed by atoms with E-state index in [0.717, 1.165) is 12.8 Å². The summed E-state index contributed by atoms with van der Waals surface area (Å²) in [6, 6.07) is -0.544. The minimum Gasteiger partial charge on any atom is -0.376 e. The number of aromatic nitrogens is 3. The zero-order chi connectivity index (χ0) is 21.6. The van der Waals surface area contributed by atoms with E-state index in [9.17, 15) is 14.4 Å². The van der Waals surface area contributed by atoms with Gasteiger partial charge in [0.1, 0.15) is 5.82 Å². The van der Waals surface area contributed by atoms with Crippen molar-refractivity contribution < 1.29 is 19.1 Å². The van der Waals surface area contributed by atoms with Crippen molar-refractivity contribution in [2.75, 3.05) is 6.61 Å². The average Bonchev–Trinajstić information content (AvgIpc) is 3.22. The molecule has 1 aliphatic rings. The van der Waals surface area contributed by atoms with Gasteiger partial charge in [-0.3, -0.25) is 14.9 Å². The van der Waals surface area contributed by atoms with Crippen molar-refractivity contribution in [1.82, 2.24) is 25.4 Å². The largest absolute Gasteiger partial charge is 0.376 e. The van der Waals surface area contributed by atoms with Crippen molar-refractivity contribution in [2.24, 2.45) is 5.73 Å². The highest BCUT2D eigenvalue weighted by Crippen LogP contribution is 2.25. The van der Waals surface area contributed by atoms with Crippen LogP contribution in [0.25, 0.3) is 0 Å². The first-order valence-electron chi connectivity index (χ1n) is 9.67. The van der Waals surface area contributed by atoms with E-state index in [1.165, 1.54) is 11.8 Å². The molecule has 0 aliphatic carbocycles. The van der Waals surface area contributed by atoms with E-state index in [1.54, 1.807) is 6.92 Å². The van der Waals surface area contributed by atoms with E-state index in [2.05, 4.69) is 20.8 Å². The summed E-state index contributed by atoms with van der Waals surface area (Å²) < 4.78 is 7.58. The van der Waals surface area contributed by atoms with Crippen LogP contribution in [0.15, 0.2) is 5.16 Å². The Morgan fingerprint density at radius 3 is 2.66 bits per heavy atom. The van der Waals surface area contributed by atoms with Crippen molar-refractivity contribution in [3.05, 3.63) is 5.82 Å². The first-order chi connectivity index (χ1) is 13.5. The second-order valence-electron chi connectivity index (χ2n) is 8.06. The van der Waals surface area contributed by atoms with E-state index in [0.29, 0.717) is 30.6 Å². The number of carbonyl (C=O) groups is 3. The molecule has 0 radical (unpaired) electrons. The molecule has 11 heteroatoms. The third kappa shape index (κ3) is 7.65. The van der Waals surface area contributed by atoms with Crippen LogP contribution in [0.5, 0.6) is 0 Å². The predicted octanol–water partition coefficient (Wildman–Crippen LogP) is 0.980. The predicted molar refractivity (Wildman–Crippen MR) is 108 cm³/mol. The molecule has 0 bridgehead atoms. The van der Waals surface area contributed by atoms with Crippen LogP contribution in [0.1, 0.15) is 52.8 Å². The van der Waals surface area contributed by atoms with Crippen LogP contribution in [-0.4, -0.2) is 56.1 Å². The normalized spacial score (nSPS) is 17.7. The van der Waals surface area contributed by atoms with Crippen LogP contribution in [0.4, 0.5) is 4.79 Å². The molecule has 29 heavy (non-hydrogen) atoms. The Labute approximate surface area is 174 Å². The maximum Gasteiger partial charge on any atom is 0.321 e. The molecule has 1 fully saturated rings. The number of ether oxygens (including phenoxy) is 1. The van der Waals surface area contributed by atoms with Gasteiger partial charge in [-0.15, -0.1) is 10.2 Å². The summed E-state index contributed by atoms with van der Waals surface area (Å²) in [5.74, 6) is -0.217. The summed E-state index contributed by atoms with van der Waals surface area (Å²) in [4.78, 5) is 35.5. The number of nitrogens with one attached hydrogen (secondary N) is 2. The number of urea groups is 1. The lowest BCUT2D eigenvalue weighted by molar-refractivity contribution is -0.119. The molecule has 1 aromatic rings. The number of imide groups is 1. The Morgan fingerprint density at radius 1 is 1.34 bits per heavy atom. The summed E-state index contributed by atoms with van der Waals surface area (Å²) in [5, 5.41) is 13.4. The van der Waals surface area contributed by atoms with Gasteiger partial charge in [-0.2, -0.15) is 0 Å². The monoisotopic (exact) mass is 426 g/mol. The summed E-state index contributed by atoms with van der Waals surface area (Å²) >= 11 is 1.20. The van der Waals surface area contributed by atoms with Crippen LogP contribution in [-0.2, 0) is 27.3 Å². The molecule has 162 valence electrons. The van der Waals surface area contributed by atoms with Crippen LogP contribution in [0.3, 0.4) is 0 Å². The van der Waals surface area contributed by atoms with E-state index in [4.69, 9.17) is 10.5 Å². The molecule has 1 saturated heterocycles. The van der Waals surface area contributed by atoms with Crippen LogP contribution in [0, 0.1) is 0 Å². The van der Waals surface area contributed by atoms with Gasteiger partial charge in [-0.25, -0.2) is 4.79 Å². The molecule has 0 saturated carbocycles. The molecule has 2 unspecified atom stereocenters. The summed E-state index contributed by atoms with van der Waals surface area (Å²) in [6.45, 7) is 8.44. The summed E-state index contributed by atoms with van der Waals surface area (Å²) in [6.07, 6.45) is 2.50. The summed E-state index contributed by atoms with van der Waals surface area (Å²) in [7, 11) is 0. The lowest BCUT2D eigenvalue weighted by Gasteiger charge is -2.21. The van der Waals surface area contributed by atoms with Gasteiger partial charge in [0.15, 0.2) is 5.16 Å². The number of carbonyl (C=O) groups excluding carboxylic acids is 3. The van der Waals surface area contributed by atoms with Gasteiger partial charge in [0.2, 0.25) is 11.8 Å². The SMILES string of the molecule is CC(Sc1nnc(CCC(N)=O)n1CC1CCCO1)C(=O)NC(=O)NC(C)(C)C. The molecular weight excluding hydrogens is 396 g/mol. The second kappa shape index (κ2) is 10.1. The van der Waals surface area contributed by atoms with Crippen molar-refractivity contribution in [3.63, 3.8) is 0 Å². The fraction of sp³-hybridized carbons (Fsp3) is 0.722. The molecule has 10 nitrogen and oxygen atoms in total. The molecule has 0 aromatic carbocycles. The highest BCUT2D eigenvalue weighted by atomic mass is 32.2.